The van der Waals surface area contributed by atoms with Crippen molar-refractivity contribution in [2.75, 3.05) is 26.2 Å². The fourth-order valence-electron chi connectivity index (χ4n) is 1.82. The molecule has 0 heterocycles. The highest BCUT2D eigenvalue weighted by atomic mass is 35.5. The van der Waals surface area contributed by atoms with Crippen LogP contribution in [0.5, 0.6) is 0 Å². The van der Waals surface area contributed by atoms with Crippen molar-refractivity contribution in [3.8, 4) is 0 Å². The molecule has 0 aliphatic carbocycles. The van der Waals surface area contributed by atoms with Gasteiger partial charge in [0.15, 0.2) is 0 Å². The van der Waals surface area contributed by atoms with Crippen molar-refractivity contribution >= 4 is 18.3 Å². The largest absolute Gasteiger partial charge is 0.355 e. The summed E-state index contributed by atoms with van der Waals surface area (Å²) in [5, 5.41) is 2.94. The molecule has 0 aliphatic rings. The Labute approximate surface area is 128 Å². The molecule has 0 aromatic heterocycles. The van der Waals surface area contributed by atoms with Crippen LogP contribution in [-0.4, -0.2) is 37.0 Å². The Bertz CT molecular complexity index is 371. The first-order valence-electron chi connectivity index (χ1n) is 6.85. The number of nitrogens with one attached hydrogen (secondary N) is 1. The maximum absolute atomic E-state index is 11.8. The summed E-state index contributed by atoms with van der Waals surface area (Å²) in [5.41, 5.74) is 6.81. The van der Waals surface area contributed by atoms with Gasteiger partial charge in [-0.3, -0.25) is 9.69 Å². The van der Waals surface area contributed by atoms with Gasteiger partial charge in [0.05, 0.1) is 6.54 Å². The molecule has 0 fully saturated rings. The van der Waals surface area contributed by atoms with Crippen LogP contribution >= 0.6 is 12.4 Å². The molecule has 5 heteroatoms. The summed E-state index contributed by atoms with van der Waals surface area (Å²) in [6, 6.07) is 10.1. The lowest BCUT2D eigenvalue weighted by Crippen LogP contribution is -2.40. The molecule has 20 heavy (non-hydrogen) atoms. The Hall–Kier alpha value is -1.10. The van der Waals surface area contributed by atoms with E-state index in [2.05, 4.69) is 36.2 Å². The van der Waals surface area contributed by atoms with Crippen LogP contribution in [0, 0.1) is 5.92 Å². The van der Waals surface area contributed by atoms with Crippen LogP contribution in [0.4, 0.5) is 0 Å². The average Bonchev–Trinajstić information content (AvgIpc) is 2.38. The molecule has 0 saturated heterocycles. The Morgan fingerprint density at radius 2 is 1.95 bits per heavy atom. The van der Waals surface area contributed by atoms with Crippen LogP contribution in [0.15, 0.2) is 30.3 Å². The third-order valence-electron chi connectivity index (χ3n) is 2.77. The van der Waals surface area contributed by atoms with Crippen molar-refractivity contribution in [1.82, 2.24) is 10.2 Å². The predicted octanol–water partition coefficient (Wildman–Crippen LogP) is 1.64. The maximum Gasteiger partial charge on any atom is 0.234 e. The van der Waals surface area contributed by atoms with Crippen molar-refractivity contribution in [3.63, 3.8) is 0 Å². The summed E-state index contributed by atoms with van der Waals surface area (Å²) in [6.45, 7) is 7.34. The van der Waals surface area contributed by atoms with Crippen molar-refractivity contribution in [2.24, 2.45) is 11.7 Å². The highest BCUT2D eigenvalue weighted by Crippen LogP contribution is 2.03. The summed E-state index contributed by atoms with van der Waals surface area (Å²) in [7, 11) is 0. The van der Waals surface area contributed by atoms with Gasteiger partial charge in [-0.15, -0.1) is 12.4 Å². The van der Waals surface area contributed by atoms with E-state index in [0.29, 0.717) is 19.0 Å². The van der Waals surface area contributed by atoms with Crippen molar-refractivity contribution in [2.45, 2.75) is 20.4 Å². The third-order valence-corrected chi connectivity index (χ3v) is 2.77. The lowest BCUT2D eigenvalue weighted by atomic mass is 10.2. The van der Waals surface area contributed by atoms with Gasteiger partial charge in [0.1, 0.15) is 0 Å². The number of halogens is 1. The molecule has 0 radical (unpaired) electrons. The van der Waals surface area contributed by atoms with Gasteiger partial charge >= 0.3 is 0 Å². The average molecular weight is 300 g/mol. The van der Waals surface area contributed by atoms with Crippen LogP contribution in [0.1, 0.15) is 19.4 Å². The topological polar surface area (TPSA) is 58.4 Å². The second-order valence-corrected chi connectivity index (χ2v) is 5.18. The second kappa shape index (κ2) is 10.7. The minimum atomic E-state index is 0. The summed E-state index contributed by atoms with van der Waals surface area (Å²) in [6.07, 6.45) is 0. The van der Waals surface area contributed by atoms with Gasteiger partial charge < -0.3 is 11.1 Å². The predicted molar refractivity (Wildman–Crippen MR) is 85.9 cm³/mol. The number of nitrogens with two attached hydrogens (primary N) is 1. The SMILES string of the molecule is CC(C)CNC(=O)CN(CCN)Cc1ccccc1.Cl. The quantitative estimate of drug-likeness (QED) is 0.767. The lowest BCUT2D eigenvalue weighted by Gasteiger charge is -2.21. The van der Waals surface area contributed by atoms with Gasteiger partial charge in [-0.05, 0) is 11.5 Å². The van der Waals surface area contributed by atoms with Crippen molar-refractivity contribution in [1.29, 1.82) is 0 Å². The Kier molecular flexibility index (Phi) is 10.1. The summed E-state index contributed by atoms with van der Waals surface area (Å²) in [4.78, 5) is 13.9. The zero-order valence-corrected chi connectivity index (χ0v) is 13.2. The first-order chi connectivity index (χ1) is 9.11. The molecule has 0 aliphatic heterocycles. The van der Waals surface area contributed by atoms with E-state index < -0.39 is 0 Å². The van der Waals surface area contributed by atoms with Gasteiger partial charge in [-0.2, -0.15) is 0 Å². The number of carbonyl (C=O) groups excluding carboxylic acids is 1. The molecule has 1 amide bonds. The van der Waals surface area contributed by atoms with E-state index >= 15 is 0 Å². The van der Waals surface area contributed by atoms with Crippen molar-refractivity contribution in [3.05, 3.63) is 35.9 Å². The summed E-state index contributed by atoms with van der Waals surface area (Å²) in [5.74, 6) is 0.541. The Morgan fingerprint density at radius 1 is 1.30 bits per heavy atom. The normalized spacial score (nSPS) is 10.4. The molecule has 0 saturated carbocycles. The van der Waals surface area contributed by atoms with E-state index in [1.165, 1.54) is 5.56 Å². The van der Waals surface area contributed by atoms with E-state index in [4.69, 9.17) is 5.73 Å². The van der Waals surface area contributed by atoms with Gasteiger partial charge in [0, 0.05) is 26.2 Å². The fourth-order valence-corrected chi connectivity index (χ4v) is 1.82. The number of rotatable bonds is 8. The van der Waals surface area contributed by atoms with Crippen LogP contribution in [0.2, 0.25) is 0 Å². The second-order valence-electron chi connectivity index (χ2n) is 5.18. The molecule has 4 nitrogen and oxygen atoms in total. The van der Waals surface area contributed by atoms with Crippen LogP contribution in [0.3, 0.4) is 0 Å². The number of benzene rings is 1. The molecule has 1 aromatic rings. The summed E-state index contributed by atoms with van der Waals surface area (Å²) < 4.78 is 0. The van der Waals surface area contributed by atoms with Gasteiger partial charge in [-0.25, -0.2) is 0 Å². The molecular weight excluding hydrogens is 274 g/mol. The van der Waals surface area contributed by atoms with Gasteiger partial charge in [0.25, 0.3) is 0 Å². The fraction of sp³-hybridized carbons (Fsp3) is 0.533. The van der Waals surface area contributed by atoms with Gasteiger partial charge in [0.2, 0.25) is 5.91 Å². The maximum atomic E-state index is 11.8. The molecule has 0 unspecified atom stereocenters. The Morgan fingerprint density at radius 3 is 2.50 bits per heavy atom. The van der Waals surface area contributed by atoms with Crippen LogP contribution < -0.4 is 11.1 Å². The minimum Gasteiger partial charge on any atom is -0.355 e. The third kappa shape index (κ3) is 8.15. The van der Waals surface area contributed by atoms with Crippen LogP contribution in [0.25, 0.3) is 0 Å². The van der Waals surface area contributed by atoms with E-state index in [1.807, 2.05) is 18.2 Å². The molecular formula is C15H26ClN3O. The molecule has 0 bridgehead atoms. The molecule has 0 atom stereocenters. The number of carbonyl (C=O) groups is 1. The van der Waals surface area contributed by atoms with E-state index in [9.17, 15) is 4.79 Å². The zero-order valence-electron chi connectivity index (χ0n) is 12.3. The minimum absolute atomic E-state index is 0. The molecule has 0 spiro atoms. The lowest BCUT2D eigenvalue weighted by molar-refractivity contribution is -0.122. The molecule has 3 N–H and O–H groups in total. The van der Waals surface area contributed by atoms with E-state index in [1.54, 1.807) is 0 Å². The molecule has 114 valence electrons. The molecule has 1 rings (SSSR count). The van der Waals surface area contributed by atoms with Crippen molar-refractivity contribution < 1.29 is 4.79 Å². The monoisotopic (exact) mass is 299 g/mol. The number of hydrogen-bond donors (Lipinski definition) is 2. The van der Waals surface area contributed by atoms with Gasteiger partial charge in [-0.1, -0.05) is 44.2 Å². The Balaban J connectivity index is 0.00000361. The van der Waals surface area contributed by atoms with E-state index in [-0.39, 0.29) is 18.3 Å². The first kappa shape index (κ1) is 18.9. The zero-order chi connectivity index (χ0) is 14.1. The summed E-state index contributed by atoms with van der Waals surface area (Å²) >= 11 is 0. The standard InChI is InChI=1S/C15H25N3O.ClH/c1-13(2)10-17-15(19)12-18(9-8-16)11-14-6-4-3-5-7-14;/h3-7,13H,8-12,16H2,1-2H3,(H,17,19);1H. The molecule has 1 aromatic carbocycles. The number of amides is 1. The number of nitrogens with zero attached hydrogens (tertiary/aromatic N) is 1. The highest BCUT2D eigenvalue weighted by molar-refractivity contribution is 5.85. The highest BCUT2D eigenvalue weighted by Gasteiger charge is 2.10. The number of hydrogen-bond acceptors (Lipinski definition) is 3. The smallest absolute Gasteiger partial charge is 0.234 e. The first-order valence-corrected chi connectivity index (χ1v) is 6.85. The van der Waals surface area contributed by atoms with E-state index in [0.717, 1.165) is 19.6 Å². The van der Waals surface area contributed by atoms with Crippen LogP contribution in [-0.2, 0) is 11.3 Å².